The van der Waals surface area contributed by atoms with Crippen molar-refractivity contribution in [1.82, 2.24) is 5.32 Å². The predicted molar refractivity (Wildman–Crippen MR) is 139 cm³/mol. The average Bonchev–Trinajstić information content (AvgIpc) is 3.13. The first-order valence-electron chi connectivity index (χ1n) is 11.0. The van der Waals surface area contributed by atoms with Crippen LogP contribution in [0.3, 0.4) is 0 Å². The third-order valence-corrected chi connectivity index (χ3v) is 5.41. The molecule has 0 unspecified atom stereocenters. The third-order valence-electron chi connectivity index (χ3n) is 5.26. The smallest absolute Gasteiger partial charge is 0.414 e. The molecule has 1 fully saturated rings. The van der Waals surface area contributed by atoms with Gasteiger partial charge in [0.2, 0.25) is 5.43 Å². The maximum absolute atomic E-state index is 15.0. The van der Waals surface area contributed by atoms with Crippen molar-refractivity contribution >= 4 is 40.4 Å². The second-order valence-electron chi connectivity index (χ2n) is 7.98. The quantitative estimate of drug-likeness (QED) is 0.386. The molecular weight excluding hydrogens is 484 g/mol. The van der Waals surface area contributed by atoms with Gasteiger partial charge in [-0.15, -0.1) is 0 Å². The summed E-state index contributed by atoms with van der Waals surface area (Å²) in [7, 11) is 0. The maximum atomic E-state index is 15.0. The number of cyclic esters (lactones) is 1. The number of anilines is 3. The zero-order chi connectivity index (χ0) is 25.7. The van der Waals surface area contributed by atoms with Crippen molar-refractivity contribution < 1.29 is 18.3 Å². The second kappa shape index (κ2) is 11.0. The van der Waals surface area contributed by atoms with Crippen molar-refractivity contribution in [2.45, 2.75) is 13.0 Å². The van der Waals surface area contributed by atoms with Gasteiger partial charge in [-0.2, -0.15) is 0 Å². The van der Waals surface area contributed by atoms with Gasteiger partial charge in [-0.25, -0.2) is 13.6 Å². The topological polar surface area (TPSA) is 70.7 Å². The van der Waals surface area contributed by atoms with Crippen LogP contribution in [0.4, 0.5) is 30.6 Å². The zero-order valence-corrected chi connectivity index (χ0v) is 20.0. The summed E-state index contributed by atoms with van der Waals surface area (Å²) in [5.41, 5.74) is 0.211. The van der Waals surface area contributed by atoms with Crippen molar-refractivity contribution in [3.05, 3.63) is 99.7 Å². The number of nitrogens with one attached hydrogen (secondary N) is 2. The van der Waals surface area contributed by atoms with E-state index in [1.807, 2.05) is 30.3 Å². The molecule has 1 saturated heterocycles. The Kier molecular flexibility index (Phi) is 7.56. The molecule has 3 aromatic carbocycles. The first kappa shape index (κ1) is 24.8. The van der Waals surface area contributed by atoms with Gasteiger partial charge < -0.3 is 15.4 Å². The third kappa shape index (κ3) is 6.03. The summed E-state index contributed by atoms with van der Waals surface area (Å²) < 4.78 is 35.2. The molecule has 3 aromatic rings. The highest BCUT2D eigenvalue weighted by Crippen LogP contribution is 2.30. The number of benzene rings is 2. The van der Waals surface area contributed by atoms with Crippen LogP contribution in [-0.2, 0) is 4.74 Å². The Balaban J connectivity index is 1.58. The lowest BCUT2D eigenvalue weighted by Gasteiger charge is -2.16. The Morgan fingerprint density at radius 1 is 1.03 bits per heavy atom. The summed E-state index contributed by atoms with van der Waals surface area (Å²) in [5, 5.41) is 5.45. The number of halogens is 2. The molecule has 0 bridgehead atoms. The van der Waals surface area contributed by atoms with Crippen LogP contribution in [0.5, 0.6) is 0 Å². The number of amides is 1. The molecule has 2 N–H and O–H groups in total. The fourth-order valence-electron chi connectivity index (χ4n) is 3.51. The Labute approximate surface area is 211 Å². The summed E-state index contributed by atoms with van der Waals surface area (Å²) in [6, 6.07) is 17.1. The van der Waals surface area contributed by atoms with Gasteiger partial charge in [0.1, 0.15) is 11.8 Å². The van der Waals surface area contributed by atoms with Gasteiger partial charge in [0.25, 0.3) is 0 Å². The average molecular weight is 506 g/mol. The van der Waals surface area contributed by atoms with Gasteiger partial charge in [0.15, 0.2) is 11.6 Å². The number of ether oxygens (including phenoxy) is 1. The number of hydrogen-bond acceptors (Lipinski definition) is 5. The molecular formula is C27H21F2N3O3S. The van der Waals surface area contributed by atoms with Crippen molar-refractivity contribution in [2.24, 2.45) is 0 Å². The molecule has 0 aliphatic carbocycles. The summed E-state index contributed by atoms with van der Waals surface area (Å²) in [4.78, 5) is 26.4. The minimum absolute atomic E-state index is 0.00231. The van der Waals surface area contributed by atoms with Crippen LogP contribution in [0.2, 0.25) is 0 Å². The lowest BCUT2D eigenvalue weighted by atomic mass is 10.2. The first-order valence-corrected chi connectivity index (χ1v) is 11.4. The van der Waals surface area contributed by atoms with Crippen molar-refractivity contribution in [1.29, 1.82) is 0 Å². The fraction of sp³-hybridized carbons (Fsp3) is 0.148. The lowest BCUT2D eigenvalue weighted by Crippen LogP contribution is -2.32. The SMILES string of the molecule is CC(=S)NC[C@H]1CN(c2cc(F)c(Nc3cc(C#Cc4ccccc4)cccc3=O)c(F)c2)C(=O)O1. The largest absolute Gasteiger partial charge is 0.442 e. The highest BCUT2D eigenvalue weighted by Gasteiger charge is 2.33. The number of hydrogen-bond donors (Lipinski definition) is 2. The van der Waals surface area contributed by atoms with Gasteiger partial charge in [0.05, 0.1) is 29.5 Å². The standard InChI is InChI=1S/C27H21F2N3O3S/c1-17(36)30-15-21-16-32(27(34)35-21)20-13-22(28)26(23(29)14-20)31-24-12-19(8-5-9-25(24)33)11-10-18-6-3-2-4-7-18/h2-9,12-14,21H,15-16H2,1H3,(H,30,36)(H,31,33)/t21-/m0/s1. The van der Waals surface area contributed by atoms with Crippen LogP contribution < -0.4 is 21.0 Å². The molecule has 36 heavy (non-hydrogen) atoms. The lowest BCUT2D eigenvalue weighted by molar-refractivity contribution is 0.143. The van der Waals surface area contributed by atoms with Crippen molar-refractivity contribution in [2.75, 3.05) is 23.3 Å². The van der Waals surface area contributed by atoms with Gasteiger partial charge in [-0.3, -0.25) is 9.69 Å². The maximum Gasteiger partial charge on any atom is 0.414 e. The molecule has 1 amide bonds. The molecule has 1 aliphatic heterocycles. The Hall–Kier alpha value is -4.29. The number of rotatable bonds is 5. The summed E-state index contributed by atoms with van der Waals surface area (Å²) in [5.74, 6) is 3.98. The molecule has 6 nitrogen and oxygen atoms in total. The van der Waals surface area contributed by atoms with E-state index in [-0.39, 0.29) is 24.5 Å². The monoisotopic (exact) mass is 505 g/mol. The molecule has 182 valence electrons. The minimum atomic E-state index is -0.975. The van der Waals surface area contributed by atoms with Gasteiger partial charge >= 0.3 is 6.09 Å². The summed E-state index contributed by atoms with van der Waals surface area (Å²) in [6.45, 7) is 2.08. The first-order chi connectivity index (χ1) is 17.3. The van der Waals surface area contributed by atoms with E-state index < -0.39 is 34.9 Å². The highest BCUT2D eigenvalue weighted by atomic mass is 32.1. The van der Waals surface area contributed by atoms with Crippen LogP contribution in [-0.4, -0.2) is 30.3 Å². The normalized spacial score (nSPS) is 14.5. The molecule has 4 rings (SSSR count). The summed E-state index contributed by atoms with van der Waals surface area (Å²) in [6.07, 6.45) is -1.25. The highest BCUT2D eigenvalue weighted by molar-refractivity contribution is 7.80. The van der Waals surface area contributed by atoms with E-state index in [0.29, 0.717) is 10.6 Å². The van der Waals surface area contributed by atoms with E-state index in [1.54, 1.807) is 13.0 Å². The summed E-state index contributed by atoms with van der Waals surface area (Å²) >= 11 is 4.94. The van der Waals surface area contributed by atoms with Gasteiger partial charge in [0, 0.05) is 23.3 Å². The van der Waals surface area contributed by atoms with Gasteiger partial charge in [-0.05, 0) is 37.3 Å². The van der Waals surface area contributed by atoms with E-state index in [9.17, 15) is 18.4 Å². The molecule has 0 saturated carbocycles. The second-order valence-corrected chi connectivity index (χ2v) is 8.59. The van der Waals surface area contributed by atoms with Crippen LogP contribution in [0, 0.1) is 23.5 Å². The van der Waals surface area contributed by atoms with E-state index in [1.165, 1.54) is 18.2 Å². The van der Waals surface area contributed by atoms with Crippen LogP contribution in [0.25, 0.3) is 0 Å². The molecule has 1 atom stereocenters. The van der Waals surface area contributed by atoms with Crippen LogP contribution in [0.1, 0.15) is 18.1 Å². The molecule has 9 heteroatoms. The van der Waals surface area contributed by atoms with E-state index in [0.717, 1.165) is 22.6 Å². The van der Waals surface area contributed by atoms with Gasteiger partial charge in [-0.1, -0.05) is 48.3 Å². The molecule has 1 heterocycles. The Bertz CT molecular complexity index is 1410. The number of nitrogens with zero attached hydrogens (tertiary/aromatic N) is 1. The van der Waals surface area contributed by atoms with Crippen LogP contribution in [0.15, 0.2) is 71.5 Å². The number of carbonyl (C=O) groups is 1. The van der Waals surface area contributed by atoms with E-state index in [2.05, 4.69) is 22.5 Å². The van der Waals surface area contributed by atoms with E-state index in [4.69, 9.17) is 17.0 Å². The number of carbonyl (C=O) groups excluding carboxylic acids is 1. The van der Waals surface area contributed by atoms with Crippen molar-refractivity contribution in [3.8, 4) is 11.8 Å². The van der Waals surface area contributed by atoms with Crippen molar-refractivity contribution in [3.63, 3.8) is 0 Å². The number of thiocarbonyl (C=S) groups is 1. The Morgan fingerprint density at radius 2 is 1.69 bits per heavy atom. The zero-order valence-electron chi connectivity index (χ0n) is 19.2. The van der Waals surface area contributed by atoms with Crippen LogP contribution >= 0.6 is 12.2 Å². The molecule has 0 spiro atoms. The minimum Gasteiger partial charge on any atom is -0.442 e. The fourth-order valence-corrected chi connectivity index (χ4v) is 3.59. The molecule has 1 aliphatic rings. The predicted octanol–water partition coefficient (Wildman–Crippen LogP) is 4.73. The molecule has 0 aromatic heterocycles. The Morgan fingerprint density at radius 3 is 2.39 bits per heavy atom. The van der Waals surface area contributed by atoms with E-state index >= 15 is 0 Å². The molecule has 0 radical (unpaired) electrons.